The largest absolute Gasteiger partial charge is 0.276 e. The second kappa shape index (κ2) is 7.31. The highest BCUT2D eigenvalue weighted by atomic mass is 35.5. The van der Waals surface area contributed by atoms with E-state index in [0.29, 0.717) is 16.8 Å². The molecule has 0 saturated heterocycles. The van der Waals surface area contributed by atoms with Gasteiger partial charge in [0.05, 0.1) is 10.6 Å². The number of pyridine rings is 2. The number of sulfonamides is 1. The molecule has 3 aromatic heterocycles. The van der Waals surface area contributed by atoms with Crippen LogP contribution in [0.5, 0.6) is 0 Å². The number of halogens is 1. The first-order valence-corrected chi connectivity index (χ1v) is 10.4. The smallest absolute Gasteiger partial charge is 0.261 e. The fraction of sp³-hybridized carbons (Fsp3) is 0.0500. The number of aromatic nitrogens is 3. The third kappa shape index (κ3) is 3.72. The summed E-state index contributed by atoms with van der Waals surface area (Å²) in [6.07, 6.45) is 4.79. The van der Waals surface area contributed by atoms with E-state index in [1.807, 2.05) is 6.07 Å². The lowest BCUT2D eigenvalue weighted by molar-refractivity contribution is 0.0941. The van der Waals surface area contributed by atoms with Crippen LogP contribution < -0.4 is 4.72 Å². The summed E-state index contributed by atoms with van der Waals surface area (Å²) < 4.78 is 29.1. The van der Waals surface area contributed by atoms with Crippen molar-refractivity contribution in [3.05, 3.63) is 72.3 Å². The molecule has 4 rings (SSSR count). The molecular weight excluding hydrogens is 412 g/mol. The normalized spacial score (nSPS) is 11.5. The molecule has 0 amide bonds. The first-order chi connectivity index (χ1) is 13.8. The van der Waals surface area contributed by atoms with Gasteiger partial charge in [0, 0.05) is 42.0 Å². The Hall–Kier alpha value is -3.23. The maximum absolute atomic E-state index is 12.6. The summed E-state index contributed by atoms with van der Waals surface area (Å²) in [6, 6.07) is 13.2. The number of rotatable bonds is 4. The molecule has 29 heavy (non-hydrogen) atoms. The van der Waals surface area contributed by atoms with E-state index < -0.39 is 10.0 Å². The summed E-state index contributed by atoms with van der Waals surface area (Å²) in [5, 5.41) is 0.809. The highest BCUT2D eigenvalue weighted by Crippen LogP contribution is 2.29. The number of benzene rings is 1. The zero-order valence-electron chi connectivity index (χ0n) is 15.2. The number of carbonyl (C=O) groups excluding carboxylic acids is 1. The predicted molar refractivity (Wildman–Crippen MR) is 112 cm³/mol. The van der Waals surface area contributed by atoms with Crippen molar-refractivity contribution in [2.45, 2.75) is 11.8 Å². The van der Waals surface area contributed by atoms with Crippen LogP contribution in [-0.4, -0.2) is 28.9 Å². The number of anilines is 1. The van der Waals surface area contributed by atoms with Crippen molar-refractivity contribution in [1.82, 2.24) is 14.5 Å². The highest BCUT2D eigenvalue weighted by molar-refractivity contribution is 7.92. The van der Waals surface area contributed by atoms with E-state index in [-0.39, 0.29) is 21.6 Å². The van der Waals surface area contributed by atoms with Gasteiger partial charge in [-0.25, -0.2) is 18.4 Å². The Morgan fingerprint density at radius 1 is 1.03 bits per heavy atom. The van der Waals surface area contributed by atoms with Crippen molar-refractivity contribution >= 4 is 44.3 Å². The van der Waals surface area contributed by atoms with E-state index in [0.717, 1.165) is 5.39 Å². The van der Waals surface area contributed by atoms with Gasteiger partial charge >= 0.3 is 0 Å². The van der Waals surface area contributed by atoms with Crippen LogP contribution in [0.3, 0.4) is 0 Å². The molecule has 0 bridgehead atoms. The van der Waals surface area contributed by atoms with Gasteiger partial charge in [0.15, 0.2) is 5.15 Å². The lowest BCUT2D eigenvalue weighted by atomic mass is 10.1. The molecule has 0 unspecified atom stereocenters. The Morgan fingerprint density at radius 3 is 2.45 bits per heavy atom. The van der Waals surface area contributed by atoms with Crippen LogP contribution >= 0.6 is 11.6 Å². The third-order valence-electron chi connectivity index (χ3n) is 4.34. The van der Waals surface area contributed by atoms with Crippen molar-refractivity contribution < 1.29 is 13.2 Å². The van der Waals surface area contributed by atoms with Gasteiger partial charge in [-0.05, 0) is 30.3 Å². The summed E-state index contributed by atoms with van der Waals surface area (Å²) in [7, 11) is -3.81. The third-order valence-corrected chi connectivity index (χ3v) is 6.02. The fourth-order valence-corrected chi connectivity index (χ4v) is 4.20. The predicted octanol–water partition coefficient (Wildman–Crippen LogP) is 4.21. The number of fused-ring (bicyclic) bond motifs is 1. The van der Waals surface area contributed by atoms with Crippen LogP contribution in [-0.2, 0) is 10.0 Å². The number of hydrogen-bond acceptors (Lipinski definition) is 5. The van der Waals surface area contributed by atoms with Crippen molar-refractivity contribution in [3.63, 3.8) is 0 Å². The summed E-state index contributed by atoms with van der Waals surface area (Å²) in [4.78, 5) is 20.2. The SMILES string of the molecule is CC(=O)n1ccc2cc(-c3cnc(Cl)c(NS(=O)(=O)c4ccccc4)c3)cnc21. The first-order valence-electron chi connectivity index (χ1n) is 8.57. The van der Waals surface area contributed by atoms with Crippen LogP contribution in [0.2, 0.25) is 5.15 Å². The lowest BCUT2D eigenvalue weighted by Crippen LogP contribution is -2.13. The van der Waals surface area contributed by atoms with E-state index in [9.17, 15) is 13.2 Å². The highest BCUT2D eigenvalue weighted by Gasteiger charge is 2.17. The van der Waals surface area contributed by atoms with E-state index >= 15 is 0 Å². The molecule has 0 aliphatic heterocycles. The molecule has 0 atom stereocenters. The van der Waals surface area contributed by atoms with Gasteiger partial charge in [-0.1, -0.05) is 29.8 Å². The van der Waals surface area contributed by atoms with E-state index in [1.165, 1.54) is 29.8 Å². The van der Waals surface area contributed by atoms with Crippen molar-refractivity contribution in [2.75, 3.05) is 4.72 Å². The van der Waals surface area contributed by atoms with E-state index in [1.54, 1.807) is 42.7 Å². The Morgan fingerprint density at radius 2 is 1.72 bits per heavy atom. The molecule has 7 nitrogen and oxygen atoms in total. The second-order valence-electron chi connectivity index (χ2n) is 6.32. The molecule has 0 fully saturated rings. The molecule has 4 aromatic rings. The average molecular weight is 427 g/mol. The molecule has 1 N–H and O–H groups in total. The monoisotopic (exact) mass is 426 g/mol. The van der Waals surface area contributed by atoms with E-state index in [2.05, 4.69) is 14.7 Å². The van der Waals surface area contributed by atoms with E-state index in [4.69, 9.17) is 11.6 Å². The molecule has 3 heterocycles. The summed E-state index contributed by atoms with van der Waals surface area (Å²) >= 11 is 6.12. The summed E-state index contributed by atoms with van der Waals surface area (Å²) in [5.41, 5.74) is 2.05. The molecule has 0 saturated carbocycles. The maximum Gasteiger partial charge on any atom is 0.261 e. The van der Waals surface area contributed by atoms with Gasteiger partial charge in [0.2, 0.25) is 5.91 Å². The molecule has 1 aromatic carbocycles. The van der Waals surface area contributed by atoms with Gasteiger partial charge in [-0.2, -0.15) is 0 Å². The fourth-order valence-electron chi connectivity index (χ4n) is 2.92. The van der Waals surface area contributed by atoms with Gasteiger partial charge < -0.3 is 0 Å². The minimum absolute atomic E-state index is 0.0324. The molecule has 0 aliphatic carbocycles. The minimum atomic E-state index is -3.81. The number of carbonyl (C=O) groups is 1. The Balaban J connectivity index is 1.72. The Labute approximate surface area is 172 Å². The average Bonchev–Trinajstić information content (AvgIpc) is 3.14. The minimum Gasteiger partial charge on any atom is -0.276 e. The lowest BCUT2D eigenvalue weighted by Gasteiger charge is -2.11. The molecule has 0 spiro atoms. The second-order valence-corrected chi connectivity index (χ2v) is 8.36. The summed E-state index contributed by atoms with van der Waals surface area (Å²) in [6.45, 7) is 1.46. The maximum atomic E-state index is 12.6. The zero-order valence-corrected chi connectivity index (χ0v) is 16.8. The van der Waals surface area contributed by atoms with Crippen LogP contribution in [0.1, 0.15) is 11.7 Å². The quantitative estimate of drug-likeness (QED) is 0.493. The van der Waals surface area contributed by atoms with Crippen molar-refractivity contribution in [3.8, 4) is 11.1 Å². The van der Waals surface area contributed by atoms with Crippen molar-refractivity contribution in [2.24, 2.45) is 0 Å². The Bertz CT molecular complexity index is 1330. The van der Waals surface area contributed by atoms with Gasteiger partial charge in [-0.3, -0.25) is 14.1 Å². The Kier molecular flexibility index (Phi) is 4.81. The molecule has 0 radical (unpaired) electrons. The van der Waals surface area contributed by atoms with Crippen LogP contribution in [0.25, 0.3) is 22.2 Å². The number of hydrogen-bond donors (Lipinski definition) is 1. The molecular formula is C20H15ClN4O3S. The molecule has 9 heteroatoms. The number of nitrogens with one attached hydrogen (secondary N) is 1. The van der Waals surface area contributed by atoms with Crippen molar-refractivity contribution in [1.29, 1.82) is 0 Å². The van der Waals surface area contributed by atoms with Gasteiger partial charge in [-0.15, -0.1) is 0 Å². The van der Waals surface area contributed by atoms with Crippen LogP contribution in [0.15, 0.2) is 72.0 Å². The first kappa shape index (κ1) is 19.1. The zero-order chi connectivity index (χ0) is 20.6. The number of nitrogens with zero attached hydrogens (tertiary/aromatic N) is 3. The summed E-state index contributed by atoms with van der Waals surface area (Å²) in [5.74, 6) is -0.133. The van der Waals surface area contributed by atoms with Crippen LogP contribution in [0.4, 0.5) is 5.69 Å². The van der Waals surface area contributed by atoms with Crippen LogP contribution in [0, 0.1) is 0 Å². The molecule has 0 aliphatic rings. The van der Waals surface area contributed by atoms with Gasteiger partial charge in [0.25, 0.3) is 10.0 Å². The topological polar surface area (TPSA) is 94.0 Å². The van der Waals surface area contributed by atoms with Gasteiger partial charge in [0.1, 0.15) is 5.65 Å². The standard InChI is InChI=1S/C20H15ClN4O3S/c1-13(26)25-8-7-14-9-15(12-23-20(14)25)16-10-18(19(21)22-11-16)24-29(27,28)17-5-3-2-4-6-17/h2-12,24H,1H3. The molecule has 146 valence electrons.